The third-order valence-corrected chi connectivity index (χ3v) is 3.35. The highest BCUT2D eigenvalue weighted by atomic mass is 19.4. The fraction of sp³-hybridized carbons (Fsp3) is 0.133. The van der Waals surface area contributed by atoms with E-state index in [4.69, 9.17) is 0 Å². The number of hydrogen-bond acceptors (Lipinski definition) is 2. The molecule has 0 saturated heterocycles. The van der Waals surface area contributed by atoms with Crippen LogP contribution < -0.4 is 5.69 Å². The van der Waals surface area contributed by atoms with Crippen molar-refractivity contribution in [3.63, 3.8) is 0 Å². The average Bonchev–Trinajstić information content (AvgIpc) is 2.73. The summed E-state index contributed by atoms with van der Waals surface area (Å²) >= 11 is 0. The number of nitrogens with one attached hydrogen (secondary N) is 1. The molecule has 2 aromatic carbocycles. The van der Waals surface area contributed by atoms with Gasteiger partial charge < -0.3 is 10.1 Å². The number of hydrogen-bond donors (Lipinski definition) is 2. The predicted molar refractivity (Wildman–Crippen MR) is 74.8 cm³/mol. The van der Waals surface area contributed by atoms with Crippen molar-refractivity contribution in [2.75, 3.05) is 0 Å². The fourth-order valence-corrected chi connectivity index (χ4v) is 2.33. The Morgan fingerprint density at radius 3 is 2.59 bits per heavy atom. The second-order valence-corrected chi connectivity index (χ2v) is 4.92. The molecule has 0 bridgehead atoms. The van der Waals surface area contributed by atoms with Crippen molar-refractivity contribution >= 4 is 11.0 Å². The van der Waals surface area contributed by atoms with E-state index in [2.05, 4.69) is 4.98 Å². The molecule has 7 heteroatoms. The molecular weight excluding hydrogens is 297 g/mol. The van der Waals surface area contributed by atoms with Crippen molar-refractivity contribution in [3.8, 4) is 5.75 Å². The van der Waals surface area contributed by atoms with Gasteiger partial charge in [-0.2, -0.15) is 13.2 Å². The maximum absolute atomic E-state index is 12.7. The number of imidazole rings is 1. The van der Waals surface area contributed by atoms with Crippen LogP contribution >= 0.6 is 0 Å². The molecule has 0 saturated carbocycles. The van der Waals surface area contributed by atoms with E-state index >= 15 is 0 Å². The van der Waals surface area contributed by atoms with Crippen LogP contribution in [0.3, 0.4) is 0 Å². The van der Waals surface area contributed by atoms with E-state index in [-0.39, 0.29) is 17.8 Å². The van der Waals surface area contributed by atoms with Gasteiger partial charge in [-0.1, -0.05) is 12.1 Å². The van der Waals surface area contributed by atoms with Gasteiger partial charge in [0, 0.05) is 0 Å². The summed E-state index contributed by atoms with van der Waals surface area (Å²) in [4.78, 5) is 14.4. The molecule has 3 aromatic rings. The van der Waals surface area contributed by atoms with Crippen molar-refractivity contribution < 1.29 is 18.3 Å². The van der Waals surface area contributed by atoms with Gasteiger partial charge in [0.25, 0.3) is 0 Å². The van der Waals surface area contributed by atoms with Crippen LogP contribution in [0.5, 0.6) is 5.75 Å². The minimum Gasteiger partial charge on any atom is -0.508 e. The van der Waals surface area contributed by atoms with Crippen molar-refractivity contribution in [3.05, 3.63) is 64.1 Å². The number of benzene rings is 2. The third kappa shape index (κ3) is 2.57. The molecule has 0 amide bonds. The monoisotopic (exact) mass is 308 g/mol. The Bertz CT molecular complexity index is 894. The lowest BCUT2D eigenvalue weighted by Crippen LogP contribution is -2.17. The first kappa shape index (κ1) is 14.2. The normalized spacial score (nSPS) is 12.0. The quantitative estimate of drug-likeness (QED) is 0.764. The lowest BCUT2D eigenvalue weighted by molar-refractivity contribution is -0.137. The summed E-state index contributed by atoms with van der Waals surface area (Å²) in [6, 6.07) is 9.46. The Labute approximate surface area is 122 Å². The summed E-state index contributed by atoms with van der Waals surface area (Å²) in [5, 5.41) is 9.43. The van der Waals surface area contributed by atoms with E-state index in [1.807, 2.05) is 0 Å². The molecule has 0 unspecified atom stereocenters. The summed E-state index contributed by atoms with van der Waals surface area (Å²) in [5.41, 5.74) is -0.146. The fourth-order valence-electron chi connectivity index (χ4n) is 2.33. The average molecular weight is 308 g/mol. The molecule has 1 aromatic heterocycles. The number of halogens is 3. The van der Waals surface area contributed by atoms with Crippen molar-refractivity contribution in [2.45, 2.75) is 12.7 Å². The topological polar surface area (TPSA) is 58.0 Å². The van der Waals surface area contributed by atoms with E-state index in [0.29, 0.717) is 11.1 Å². The van der Waals surface area contributed by atoms with Crippen LogP contribution in [0.15, 0.2) is 47.3 Å². The zero-order valence-electron chi connectivity index (χ0n) is 11.2. The number of nitrogens with zero attached hydrogens (tertiary/aromatic N) is 1. The first-order valence-electron chi connectivity index (χ1n) is 6.42. The Kier molecular flexibility index (Phi) is 3.20. The molecule has 0 aliphatic carbocycles. The molecule has 0 fully saturated rings. The zero-order valence-corrected chi connectivity index (χ0v) is 11.2. The van der Waals surface area contributed by atoms with Gasteiger partial charge in [-0.15, -0.1) is 0 Å². The maximum Gasteiger partial charge on any atom is 0.416 e. The van der Waals surface area contributed by atoms with Gasteiger partial charge >= 0.3 is 11.9 Å². The number of aromatic hydroxyl groups is 1. The van der Waals surface area contributed by atoms with Gasteiger partial charge in [0.1, 0.15) is 5.75 Å². The Morgan fingerprint density at radius 1 is 1.14 bits per heavy atom. The number of alkyl halides is 3. The molecule has 114 valence electrons. The van der Waals surface area contributed by atoms with E-state index in [0.717, 1.165) is 12.1 Å². The molecule has 0 aliphatic rings. The Balaban J connectivity index is 2.07. The number of aromatic nitrogens is 2. The van der Waals surface area contributed by atoms with Gasteiger partial charge in [0.15, 0.2) is 0 Å². The molecular formula is C15H11F3N2O2. The summed E-state index contributed by atoms with van der Waals surface area (Å²) in [5.74, 6) is 0.0600. The molecule has 0 atom stereocenters. The molecule has 1 heterocycles. The van der Waals surface area contributed by atoms with E-state index in [9.17, 15) is 23.1 Å². The highest BCUT2D eigenvalue weighted by Crippen LogP contribution is 2.30. The zero-order chi connectivity index (χ0) is 15.9. The Hall–Kier alpha value is -2.70. The van der Waals surface area contributed by atoms with Crippen LogP contribution in [-0.4, -0.2) is 14.7 Å². The molecule has 22 heavy (non-hydrogen) atoms. The first-order chi connectivity index (χ1) is 10.3. The second kappa shape index (κ2) is 4.94. The van der Waals surface area contributed by atoms with Crippen LogP contribution in [0.1, 0.15) is 11.1 Å². The van der Waals surface area contributed by atoms with Crippen molar-refractivity contribution in [1.82, 2.24) is 9.55 Å². The SMILES string of the molecule is O=c1[nH]c2cc(C(F)(F)F)ccc2n1Cc1cccc(O)c1. The van der Waals surface area contributed by atoms with Crippen LogP contribution in [0.4, 0.5) is 13.2 Å². The Morgan fingerprint density at radius 2 is 1.91 bits per heavy atom. The van der Waals surface area contributed by atoms with Crippen molar-refractivity contribution in [1.29, 1.82) is 0 Å². The molecule has 3 rings (SSSR count). The number of phenols is 1. The van der Waals surface area contributed by atoms with E-state index in [1.54, 1.807) is 12.1 Å². The number of H-pyrrole nitrogens is 1. The lowest BCUT2D eigenvalue weighted by Gasteiger charge is -2.07. The van der Waals surface area contributed by atoms with Gasteiger partial charge in [-0.05, 0) is 35.9 Å². The van der Waals surface area contributed by atoms with Gasteiger partial charge in [-0.3, -0.25) is 4.57 Å². The van der Waals surface area contributed by atoms with Gasteiger partial charge in [-0.25, -0.2) is 4.79 Å². The van der Waals surface area contributed by atoms with Crippen LogP contribution in [0.2, 0.25) is 0 Å². The molecule has 0 radical (unpaired) electrons. The minimum atomic E-state index is -4.46. The first-order valence-corrected chi connectivity index (χ1v) is 6.42. The highest BCUT2D eigenvalue weighted by molar-refractivity contribution is 5.76. The number of fused-ring (bicyclic) bond motifs is 1. The predicted octanol–water partition coefficient (Wildman–Crippen LogP) is 3.10. The van der Waals surface area contributed by atoms with Gasteiger partial charge in [0.2, 0.25) is 0 Å². The molecule has 0 spiro atoms. The number of rotatable bonds is 2. The van der Waals surface area contributed by atoms with Crippen LogP contribution in [0, 0.1) is 0 Å². The third-order valence-electron chi connectivity index (χ3n) is 3.35. The molecule has 0 aliphatic heterocycles. The summed E-state index contributed by atoms with van der Waals surface area (Å²) in [6.45, 7) is 0.151. The largest absolute Gasteiger partial charge is 0.508 e. The van der Waals surface area contributed by atoms with Crippen molar-refractivity contribution in [2.24, 2.45) is 0 Å². The summed E-state index contributed by atoms with van der Waals surface area (Å²) < 4.78 is 39.4. The van der Waals surface area contributed by atoms with E-state index < -0.39 is 17.4 Å². The van der Waals surface area contributed by atoms with Gasteiger partial charge in [0.05, 0.1) is 23.1 Å². The number of phenolic OH excluding ortho intramolecular Hbond substituents is 1. The minimum absolute atomic E-state index is 0.0600. The maximum atomic E-state index is 12.7. The summed E-state index contributed by atoms with van der Waals surface area (Å²) in [6.07, 6.45) is -4.46. The highest BCUT2D eigenvalue weighted by Gasteiger charge is 2.30. The lowest BCUT2D eigenvalue weighted by atomic mass is 10.2. The van der Waals surface area contributed by atoms with Crippen LogP contribution in [-0.2, 0) is 12.7 Å². The second-order valence-electron chi connectivity index (χ2n) is 4.92. The molecule has 4 nitrogen and oxygen atoms in total. The number of aromatic amines is 1. The van der Waals surface area contributed by atoms with E-state index in [1.165, 1.54) is 22.8 Å². The van der Waals surface area contributed by atoms with Crippen LogP contribution in [0.25, 0.3) is 11.0 Å². The standard InChI is InChI=1S/C15H11F3N2O2/c16-15(17,18)10-4-5-13-12(7-10)19-14(22)20(13)8-9-2-1-3-11(21)6-9/h1-7,21H,8H2,(H,19,22). The smallest absolute Gasteiger partial charge is 0.416 e. The summed E-state index contributed by atoms with van der Waals surface area (Å²) in [7, 11) is 0. The molecule has 2 N–H and O–H groups in total.